The summed E-state index contributed by atoms with van der Waals surface area (Å²) in [6, 6.07) is 0. The average Bonchev–Trinajstić information content (AvgIpc) is 2.53. The second kappa shape index (κ2) is 4.79. The highest BCUT2D eigenvalue weighted by molar-refractivity contribution is 5.76. The maximum absolute atomic E-state index is 12.3. The van der Waals surface area contributed by atoms with E-state index in [0.29, 0.717) is 19.6 Å². The SMILES string of the molecule is O=C1CCN(c2ncc(C(F)(F)F)cn2)CCN1. The lowest BCUT2D eigenvalue weighted by Crippen LogP contribution is -2.29. The predicted molar refractivity (Wildman–Crippen MR) is 56.9 cm³/mol. The molecule has 1 aromatic heterocycles. The van der Waals surface area contributed by atoms with Crippen molar-refractivity contribution in [1.82, 2.24) is 15.3 Å². The van der Waals surface area contributed by atoms with Crippen molar-refractivity contribution < 1.29 is 18.0 Å². The van der Waals surface area contributed by atoms with Gasteiger partial charge in [-0.15, -0.1) is 0 Å². The van der Waals surface area contributed by atoms with E-state index in [2.05, 4.69) is 15.3 Å². The second-order valence-electron chi connectivity index (χ2n) is 3.86. The first kappa shape index (κ1) is 12.6. The molecule has 0 aliphatic carbocycles. The second-order valence-corrected chi connectivity index (χ2v) is 3.86. The molecule has 1 aliphatic heterocycles. The van der Waals surface area contributed by atoms with Crippen LogP contribution in [0.4, 0.5) is 19.1 Å². The fourth-order valence-corrected chi connectivity index (χ4v) is 1.60. The van der Waals surface area contributed by atoms with Crippen LogP contribution in [-0.2, 0) is 11.0 Å². The van der Waals surface area contributed by atoms with E-state index in [-0.39, 0.29) is 18.3 Å². The fourth-order valence-electron chi connectivity index (χ4n) is 1.60. The van der Waals surface area contributed by atoms with Crippen LogP contribution in [0.1, 0.15) is 12.0 Å². The van der Waals surface area contributed by atoms with Crippen LogP contribution in [0.2, 0.25) is 0 Å². The Morgan fingerprint density at radius 2 is 1.89 bits per heavy atom. The van der Waals surface area contributed by atoms with Gasteiger partial charge < -0.3 is 10.2 Å². The number of hydrogen-bond acceptors (Lipinski definition) is 4. The lowest BCUT2D eigenvalue weighted by Gasteiger charge is -2.19. The van der Waals surface area contributed by atoms with Gasteiger partial charge in [0.1, 0.15) is 0 Å². The Hall–Kier alpha value is -1.86. The molecule has 0 spiro atoms. The maximum atomic E-state index is 12.3. The number of amides is 1. The van der Waals surface area contributed by atoms with Gasteiger partial charge in [0.2, 0.25) is 11.9 Å². The molecule has 1 N–H and O–H groups in total. The van der Waals surface area contributed by atoms with Gasteiger partial charge in [-0.3, -0.25) is 4.79 Å². The van der Waals surface area contributed by atoms with E-state index in [1.807, 2.05) is 0 Å². The number of halogens is 3. The summed E-state index contributed by atoms with van der Waals surface area (Å²) in [5.41, 5.74) is -0.879. The van der Waals surface area contributed by atoms with E-state index >= 15 is 0 Å². The monoisotopic (exact) mass is 260 g/mol. The number of aromatic nitrogens is 2. The van der Waals surface area contributed by atoms with Gasteiger partial charge >= 0.3 is 6.18 Å². The zero-order chi connectivity index (χ0) is 13.2. The lowest BCUT2D eigenvalue weighted by molar-refractivity contribution is -0.138. The van der Waals surface area contributed by atoms with Crippen LogP contribution in [0.25, 0.3) is 0 Å². The van der Waals surface area contributed by atoms with Gasteiger partial charge in [-0.1, -0.05) is 0 Å². The predicted octanol–water partition coefficient (Wildman–Crippen LogP) is 0.822. The normalized spacial score (nSPS) is 17.3. The number of rotatable bonds is 1. The maximum Gasteiger partial charge on any atom is 0.419 e. The smallest absolute Gasteiger partial charge is 0.354 e. The average molecular weight is 260 g/mol. The quantitative estimate of drug-likeness (QED) is 0.812. The number of hydrogen-bond donors (Lipinski definition) is 1. The number of carbonyl (C=O) groups is 1. The molecular formula is C10H11F3N4O. The first-order valence-electron chi connectivity index (χ1n) is 5.38. The fraction of sp³-hybridized carbons (Fsp3) is 0.500. The third-order valence-corrected chi connectivity index (χ3v) is 2.56. The van der Waals surface area contributed by atoms with Gasteiger partial charge in [-0.2, -0.15) is 13.2 Å². The van der Waals surface area contributed by atoms with Crippen LogP contribution in [0, 0.1) is 0 Å². The van der Waals surface area contributed by atoms with Gasteiger partial charge in [0.15, 0.2) is 0 Å². The minimum atomic E-state index is -4.44. The van der Waals surface area contributed by atoms with Crippen LogP contribution in [0.5, 0.6) is 0 Å². The summed E-state index contributed by atoms with van der Waals surface area (Å²) < 4.78 is 37.0. The Bertz CT molecular complexity index is 432. The number of carbonyl (C=O) groups excluding carboxylic acids is 1. The van der Waals surface area contributed by atoms with Gasteiger partial charge in [-0.05, 0) is 0 Å². The molecule has 0 saturated carbocycles. The van der Waals surface area contributed by atoms with Crippen LogP contribution < -0.4 is 10.2 Å². The Morgan fingerprint density at radius 3 is 2.50 bits per heavy atom. The van der Waals surface area contributed by atoms with E-state index in [9.17, 15) is 18.0 Å². The minimum absolute atomic E-state index is 0.0792. The first-order chi connectivity index (χ1) is 8.47. The molecule has 98 valence electrons. The Labute approximate surface area is 101 Å². The first-order valence-corrected chi connectivity index (χ1v) is 5.38. The standard InChI is InChI=1S/C10H11F3N4O/c11-10(12,13)7-5-15-9(16-6-7)17-3-1-8(18)14-2-4-17/h5-6H,1-4H2,(H,14,18). The van der Waals surface area contributed by atoms with Gasteiger partial charge in [0, 0.05) is 38.4 Å². The third kappa shape index (κ3) is 2.88. The highest BCUT2D eigenvalue weighted by Crippen LogP contribution is 2.28. The van der Waals surface area contributed by atoms with Crippen molar-refractivity contribution in [3.63, 3.8) is 0 Å². The van der Waals surface area contributed by atoms with Crippen molar-refractivity contribution in [2.45, 2.75) is 12.6 Å². The molecule has 1 saturated heterocycles. The molecular weight excluding hydrogens is 249 g/mol. The van der Waals surface area contributed by atoms with Crippen molar-refractivity contribution >= 4 is 11.9 Å². The molecule has 2 heterocycles. The van der Waals surface area contributed by atoms with Crippen LogP contribution in [-0.4, -0.2) is 35.5 Å². The summed E-state index contributed by atoms with van der Waals surface area (Å²) >= 11 is 0. The molecule has 8 heteroatoms. The van der Waals surface area contributed by atoms with Gasteiger partial charge in [0.25, 0.3) is 0 Å². The zero-order valence-corrected chi connectivity index (χ0v) is 9.37. The molecule has 18 heavy (non-hydrogen) atoms. The summed E-state index contributed by atoms with van der Waals surface area (Å²) in [4.78, 5) is 20.2. The molecule has 1 amide bonds. The Morgan fingerprint density at radius 1 is 1.22 bits per heavy atom. The summed E-state index contributed by atoms with van der Waals surface area (Å²) in [7, 11) is 0. The van der Waals surface area contributed by atoms with E-state index in [4.69, 9.17) is 0 Å². The number of anilines is 1. The molecule has 1 aliphatic rings. The van der Waals surface area contributed by atoms with Crippen LogP contribution >= 0.6 is 0 Å². The molecule has 5 nitrogen and oxygen atoms in total. The molecule has 0 atom stereocenters. The van der Waals surface area contributed by atoms with Crippen LogP contribution in [0.15, 0.2) is 12.4 Å². The van der Waals surface area contributed by atoms with E-state index < -0.39 is 11.7 Å². The minimum Gasteiger partial charge on any atom is -0.354 e. The van der Waals surface area contributed by atoms with Crippen molar-refractivity contribution in [3.05, 3.63) is 18.0 Å². The van der Waals surface area contributed by atoms with Crippen molar-refractivity contribution in [2.24, 2.45) is 0 Å². The highest BCUT2D eigenvalue weighted by Gasteiger charge is 2.31. The summed E-state index contributed by atoms with van der Waals surface area (Å²) in [6.07, 6.45) is -2.65. The lowest BCUT2D eigenvalue weighted by atomic mass is 10.3. The van der Waals surface area contributed by atoms with E-state index in [0.717, 1.165) is 12.4 Å². The molecule has 1 fully saturated rings. The van der Waals surface area contributed by atoms with Crippen molar-refractivity contribution in [1.29, 1.82) is 0 Å². The molecule has 0 unspecified atom stereocenters. The summed E-state index contributed by atoms with van der Waals surface area (Å²) in [5.74, 6) is 0.129. The largest absolute Gasteiger partial charge is 0.419 e. The van der Waals surface area contributed by atoms with Crippen LogP contribution in [0.3, 0.4) is 0 Å². The number of nitrogens with one attached hydrogen (secondary N) is 1. The molecule has 1 aromatic rings. The van der Waals surface area contributed by atoms with Gasteiger partial charge in [-0.25, -0.2) is 9.97 Å². The topological polar surface area (TPSA) is 58.1 Å². The Kier molecular flexibility index (Phi) is 3.35. The van der Waals surface area contributed by atoms with Crippen molar-refractivity contribution in [2.75, 3.05) is 24.5 Å². The number of alkyl halides is 3. The van der Waals surface area contributed by atoms with E-state index in [1.54, 1.807) is 4.90 Å². The van der Waals surface area contributed by atoms with E-state index in [1.165, 1.54) is 0 Å². The van der Waals surface area contributed by atoms with Crippen molar-refractivity contribution in [3.8, 4) is 0 Å². The molecule has 0 bridgehead atoms. The third-order valence-electron chi connectivity index (χ3n) is 2.56. The molecule has 0 radical (unpaired) electrons. The van der Waals surface area contributed by atoms with Gasteiger partial charge in [0.05, 0.1) is 5.56 Å². The Balaban J connectivity index is 2.11. The summed E-state index contributed by atoms with van der Waals surface area (Å²) in [5, 5.41) is 2.66. The molecule has 0 aromatic carbocycles. The summed E-state index contributed by atoms with van der Waals surface area (Å²) in [6.45, 7) is 1.32. The highest BCUT2D eigenvalue weighted by atomic mass is 19.4. The zero-order valence-electron chi connectivity index (χ0n) is 9.37. The number of nitrogens with zero attached hydrogens (tertiary/aromatic N) is 3. The molecule has 2 rings (SSSR count).